The summed E-state index contributed by atoms with van der Waals surface area (Å²) in [6.07, 6.45) is 4.96. The number of benzene rings is 2. The predicted octanol–water partition coefficient (Wildman–Crippen LogP) is 4.12. The number of aliphatic imine (C=N–C) groups is 2. The van der Waals surface area contributed by atoms with E-state index >= 15 is 0 Å². The van der Waals surface area contributed by atoms with E-state index in [1.165, 1.54) is 18.4 Å². The minimum atomic E-state index is -0.320. The first-order valence-electron chi connectivity index (χ1n) is 11.5. The molecule has 0 atom stereocenters. The largest absolute Gasteiger partial charge is 0.490 e. The van der Waals surface area contributed by atoms with Crippen LogP contribution in [0.5, 0.6) is 5.75 Å². The molecule has 0 aromatic heterocycles. The molecule has 5 rings (SSSR count). The number of urea groups is 1. The van der Waals surface area contributed by atoms with E-state index in [2.05, 4.69) is 51.7 Å². The summed E-state index contributed by atoms with van der Waals surface area (Å²) >= 11 is 0. The number of nitrogens with one attached hydrogen (secondary N) is 2. The van der Waals surface area contributed by atoms with E-state index in [0.29, 0.717) is 18.9 Å². The molecule has 0 unspecified atom stereocenters. The van der Waals surface area contributed by atoms with Gasteiger partial charge in [-0.3, -0.25) is 0 Å². The number of amidine groups is 1. The van der Waals surface area contributed by atoms with Crippen molar-refractivity contribution in [1.82, 2.24) is 10.6 Å². The van der Waals surface area contributed by atoms with Crippen LogP contribution in [-0.4, -0.2) is 43.3 Å². The maximum atomic E-state index is 12.0. The molecule has 1 aliphatic carbocycles. The van der Waals surface area contributed by atoms with Crippen LogP contribution in [0, 0.1) is 6.92 Å². The standard InChI is InChI=1S/C25H29N5O2/c1-17-13-20-22(14-23(17)32-19-9-5-6-10-19)30(24-21(28-20)16-27-25(31)29-24)12-11-26-15-18-7-3-2-4-8-18/h2-4,7-8,13-14,19,26H,5-6,9-12,15-16H2,1H3,(H,27,31). The molecular weight excluding hydrogens is 402 g/mol. The Labute approximate surface area is 188 Å². The Morgan fingerprint density at radius 3 is 2.78 bits per heavy atom. The summed E-state index contributed by atoms with van der Waals surface area (Å²) in [5, 5.41) is 6.27. The number of carbonyl (C=O) groups excluding carboxylic acids is 1. The average molecular weight is 432 g/mol. The molecule has 1 saturated carbocycles. The highest BCUT2D eigenvalue weighted by Crippen LogP contribution is 2.40. The maximum Gasteiger partial charge on any atom is 0.343 e. The number of fused-ring (bicyclic) bond motifs is 2. The summed E-state index contributed by atoms with van der Waals surface area (Å²) in [6, 6.07) is 14.2. The fourth-order valence-electron chi connectivity index (χ4n) is 4.53. The summed E-state index contributed by atoms with van der Waals surface area (Å²) in [5.74, 6) is 1.54. The zero-order valence-electron chi connectivity index (χ0n) is 18.4. The molecule has 7 nitrogen and oxygen atoms in total. The van der Waals surface area contributed by atoms with Crippen molar-refractivity contribution in [2.45, 2.75) is 45.3 Å². The number of ether oxygens (including phenoxy) is 1. The summed E-state index contributed by atoms with van der Waals surface area (Å²) in [5.41, 5.74) is 4.97. The van der Waals surface area contributed by atoms with Crippen molar-refractivity contribution in [3.8, 4) is 5.75 Å². The fourth-order valence-corrected chi connectivity index (χ4v) is 4.53. The number of amides is 2. The van der Waals surface area contributed by atoms with Crippen molar-refractivity contribution >= 4 is 29.0 Å². The minimum Gasteiger partial charge on any atom is -0.490 e. The first-order chi connectivity index (χ1) is 15.7. The van der Waals surface area contributed by atoms with Crippen LogP contribution < -0.4 is 20.3 Å². The van der Waals surface area contributed by atoms with Gasteiger partial charge in [0.2, 0.25) is 0 Å². The Kier molecular flexibility index (Phi) is 5.90. The van der Waals surface area contributed by atoms with Gasteiger partial charge in [0.25, 0.3) is 0 Å². The van der Waals surface area contributed by atoms with Crippen LogP contribution in [0.15, 0.2) is 52.4 Å². The molecule has 1 fully saturated rings. The van der Waals surface area contributed by atoms with Crippen LogP contribution in [-0.2, 0) is 6.54 Å². The van der Waals surface area contributed by atoms with Gasteiger partial charge in [-0.2, -0.15) is 4.99 Å². The van der Waals surface area contributed by atoms with Gasteiger partial charge in [-0.15, -0.1) is 0 Å². The lowest BCUT2D eigenvalue weighted by atomic mass is 10.1. The highest BCUT2D eigenvalue weighted by molar-refractivity contribution is 6.51. The summed E-state index contributed by atoms with van der Waals surface area (Å²) in [4.78, 5) is 23.2. The van der Waals surface area contributed by atoms with Gasteiger partial charge in [0.05, 0.1) is 24.0 Å². The number of nitrogens with zero attached hydrogens (tertiary/aromatic N) is 3. The highest BCUT2D eigenvalue weighted by atomic mass is 16.5. The van der Waals surface area contributed by atoms with Crippen LogP contribution in [0.1, 0.15) is 36.8 Å². The molecule has 3 aliphatic rings. The zero-order valence-corrected chi connectivity index (χ0v) is 18.4. The average Bonchev–Trinajstić information content (AvgIpc) is 3.31. The summed E-state index contributed by atoms with van der Waals surface area (Å²) in [6.45, 7) is 4.68. The normalized spacial score (nSPS) is 17.9. The molecule has 2 heterocycles. The maximum absolute atomic E-state index is 12.0. The Hall–Kier alpha value is -3.19. The SMILES string of the molecule is Cc1cc2c(cc1OC1CCCC1)N(CCNCc1ccccc1)C1=NC(=O)NCC1=N2. The number of aryl methyl sites for hydroxylation is 1. The van der Waals surface area contributed by atoms with Crippen molar-refractivity contribution in [2.24, 2.45) is 9.98 Å². The molecule has 2 aromatic rings. The molecule has 2 N–H and O–H groups in total. The van der Waals surface area contributed by atoms with Gasteiger partial charge in [0, 0.05) is 25.7 Å². The second-order valence-corrected chi connectivity index (χ2v) is 8.60. The van der Waals surface area contributed by atoms with E-state index in [0.717, 1.165) is 54.3 Å². The van der Waals surface area contributed by atoms with Crippen molar-refractivity contribution in [2.75, 3.05) is 24.5 Å². The smallest absolute Gasteiger partial charge is 0.343 e. The summed E-state index contributed by atoms with van der Waals surface area (Å²) < 4.78 is 6.35. The van der Waals surface area contributed by atoms with E-state index in [9.17, 15) is 4.79 Å². The topological polar surface area (TPSA) is 78.3 Å². The first-order valence-corrected chi connectivity index (χ1v) is 11.5. The quantitative estimate of drug-likeness (QED) is 0.647. The Morgan fingerprint density at radius 2 is 1.97 bits per heavy atom. The van der Waals surface area contributed by atoms with Gasteiger partial charge in [-0.1, -0.05) is 30.3 Å². The van der Waals surface area contributed by atoms with E-state index < -0.39 is 0 Å². The summed E-state index contributed by atoms with van der Waals surface area (Å²) in [7, 11) is 0. The molecule has 0 saturated heterocycles. The predicted molar refractivity (Wildman–Crippen MR) is 127 cm³/mol. The number of hydrogen-bond donors (Lipinski definition) is 2. The van der Waals surface area contributed by atoms with E-state index in [-0.39, 0.29) is 12.1 Å². The number of hydrogen-bond acceptors (Lipinski definition) is 5. The number of rotatable bonds is 7. The molecule has 32 heavy (non-hydrogen) atoms. The van der Waals surface area contributed by atoms with Crippen LogP contribution in [0.25, 0.3) is 0 Å². The van der Waals surface area contributed by atoms with Gasteiger partial charge in [0.1, 0.15) is 11.5 Å². The lowest BCUT2D eigenvalue weighted by molar-refractivity contribution is 0.208. The zero-order chi connectivity index (χ0) is 21.9. The second-order valence-electron chi connectivity index (χ2n) is 8.60. The van der Waals surface area contributed by atoms with Crippen LogP contribution in [0.4, 0.5) is 16.2 Å². The lowest BCUT2D eigenvalue weighted by Crippen LogP contribution is -2.50. The molecule has 2 aromatic carbocycles. The first kappa shape index (κ1) is 20.7. The Morgan fingerprint density at radius 1 is 1.16 bits per heavy atom. The molecule has 7 heteroatoms. The van der Waals surface area contributed by atoms with Crippen LogP contribution in [0.3, 0.4) is 0 Å². The Balaban J connectivity index is 1.39. The molecule has 166 valence electrons. The van der Waals surface area contributed by atoms with Crippen LogP contribution in [0.2, 0.25) is 0 Å². The fraction of sp³-hybridized carbons (Fsp3) is 0.400. The third kappa shape index (κ3) is 4.39. The van der Waals surface area contributed by atoms with Crippen molar-refractivity contribution in [3.63, 3.8) is 0 Å². The Bertz CT molecular complexity index is 1060. The van der Waals surface area contributed by atoms with Gasteiger partial charge in [0.15, 0.2) is 5.84 Å². The van der Waals surface area contributed by atoms with Gasteiger partial charge < -0.3 is 20.3 Å². The second kappa shape index (κ2) is 9.12. The third-order valence-corrected chi connectivity index (χ3v) is 6.23. The van der Waals surface area contributed by atoms with E-state index in [1.807, 2.05) is 18.2 Å². The lowest BCUT2D eigenvalue weighted by Gasteiger charge is -2.34. The van der Waals surface area contributed by atoms with E-state index in [4.69, 9.17) is 9.73 Å². The highest BCUT2D eigenvalue weighted by Gasteiger charge is 2.31. The molecule has 2 amide bonds. The molecule has 0 radical (unpaired) electrons. The number of carbonyl (C=O) groups is 1. The number of anilines is 1. The molecular formula is C25H29N5O2. The van der Waals surface area contributed by atoms with E-state index in [1.54, 1.807) is 0 Å². The van der Waals surface area contributed by atoms with Gasteiger partial charge in [-0.25, -0.2) is 9.79 Å². The van der Waals surface area contributed by atoms with Crippen molar-refractivity contribution in [3.05, 3.63) is 53.6 Å². The van der Waals surface area contributed by atoms with Gasteiger partial charge >= 0.3 is 6.03 Å². The molecule has 2 aliphatic heterocycles. The monoisotopic (exact) mass is 431 g/mol. The van der Waals surface area contributed by atoms with Crippen LogP contribution >= 0.6 is 0 Å². The molecule has 0 spiro atoms. The van der Waals surface area contributed by atoms with Crippen molar-refractivity contribution in [1.29, 1.82) is 0 Å². The van der Waals surface area contributed by atoms with Crippen molar-refractivity contribution < 1.29 is 9.53 Å². The minimum absolute atomic E-state index is 0.285. The molecule has 0 bridgehead atoms. The third-order valence-electron chi connectivity index (χ3n) is 6.23. The van der Waals surface area contributed by atoms with Gasteiger partial charge in [-0.05, 0) is 49.8 Å².